The molecule has 0 radical (unpaired) electrons. The van der Waals surface area contributed by atoms with Gasteiger partial charge >= 0.3 is 0 Å². The van der Waals surface area contributed by atoms with E-state index in [1.165, 1.54) is 56.9 Å². The smallest absolute Gasteiger partial charge is 0.184 e. The topological polar surface area (TPSA) is 9.23 Å². The first kappa shape index (κ1) is 31.9. The average Bonchev–Trinajstić information content (AvgIpc) is 3.03. The van der Waals surface area contributed by atoms with E-state index in [0.29, 0.717) is 24.2 Å². The van der Waals surface area contributed by atoms with E-state index in [-0.39, 0.29) is 0 Å². The molecule has 0 saturated heterocycles. The molecule has 0 spiro atoms. The first-order valence-corrected chi connectivity index (χ1v) is 16.2. The Kier molecular flexibility index (Phi) is 12.6. The van der Waals surface area contributed by atoms with Crippen molar-refractivity contribution < 1.29 is 13.5 Å². The van der Waals surface area contributed by atoms with Crippen LogP contribution in [0.2, 0.25) is 0 Å². The van der Waals surface area contributed by atoms with Gasteiger partial charge in [-0.1, -0.05) is 163 Å². The highest BCUT2D eigenvalue weighted by atomic mass is 19.2. The second kappa shape index (κ2) is 16.6. The Morgan fingerprint density at radius 1 is 0.595 bits per heavy atom. The lowest BCUT2D eigenvalue weighted by Gasteiger charge is -2.36. The van der Waals surface area contributed by atoms with Gasteiger partial charge in [0.1, 0.15) is 11.4 Å². The molecule has 0 heterocycles. The lowest BCUT2D eigenvalue weighted by Crippen LogP contribution is -2.43. The minimum Gasteiger partial charge on any atom is -0.367 e. The van der Waals surface area contributed by atoms with Gasteiger partial charge in [-0.3, -0.25) is 0 Å². The Morgan fingerprint density at radius 2 is 1.07 bits per heavy atom. The van der Waals surface area contributed by atoms with Crippen molar-refractivity contribution >= 4 is 5.57 Å². The van der Waals surface area contributed by atoms with Gasteiger partial charge < -0.3 is 4.74 Å². The second-order valence-corrected chi connectivity index (χ2v) is 11.7. The summed E-state index contributed by atoms with van der Waals surface area (Å²) in [5, 5.41) is 0. The number of hydrogen-bond donors (Lipinski definition) is 0. The highest BCUT2D eigenvalue weighted by molar-refractivity contribution is 5.80. The van der Waals surface area contributed by atoms with Crippen LogP contribution in [0.1, 0.15) is 96.5 Å². The summed E-state index contributed by atoms with van der Waals surface area (Å²) in [5.41, 5.74) is 4.23. The molecule has 3 heteroatoms. The van der Waals surface area contributed by atoms with E-state index < -0.39 is 17.6 Å². The van der Waals surface area contributed by atoms with Crippen molar-refractivity contribution in [3.63, 3.8) is 0 Å². The standard InChI is InChI=1S/C39H48F2O/c1-3-5-6-7-8-9-10-11-12-16-30-42-39(28-4-2)29-27-36(37(40)38(39)41)35-25-23-34(24-26-35)33-21-19-32(20-22-33)31-17-14-13-15-18-31/h13-15,17-27,29,38H,3-12,16,28,30H2,1-2H3. The van der Waals surface area contributed by atoms with Gasteiger partial charge in [-0.05, 0) is 46.7 Å². The molecular formula is C39H48F2O. The van der Waals surface area contributed by atoms with Crippen LogP contribution < -0.4 is 0 Å². The number of halogens is 2. The third-order valence-corrected chi connectivity index (χ3v) is 8.47. The largest absolute Gasteiger partial charge is 0.367 e. The Labute approximate surface area is 252 Å². The van der Waals surface area contributed by atoms with Crippen LogP contribution in [0.15, 0.2) is 96.8 Å². The Morgan fingerprint density at radius 3 is 1.60 bits per heavy atom. The fraction of sp³-hybridized carbons (Fsp3) is 0.436. The van der Waals surface area contributed by atoms with E-state index in [1.807, 2.05) is 49.4 Å². The summed E-state index contributed by atoms with van der Waals surface area (Å²) >= 11 is 0. The Balaban J connectivity index is 1.32. The third-order valence-electron chi connectivity index (χ3n) is 8.47. The summed E-state index contributed by atoms with van der Waals surface area (Å²) in [6.07, 6.45) is 15.2. The van der Waals surface area contributed by atoms with Crippen molar-refractivity contribution in [2.24, 2.45) is 0 Å². The molecule has 0 N–H and O–H groups in total. The summed E-state index contributed by atoms with van der Waals surface area (Å²) in [6.45, 7) is 4.70. The first-order chi connectivity index (χ1) is 20.6. The van der Waals surface area contributed by atoms with Gasteiger partial charge in [0.2, 0.25) is 0 Å². The van der Waals surface area contributed by atoms with Crippen LogP contribution in [0.4, 0.5) is 8.78 Å². The van der Waals surface area contributed by atoms with Crippen LogP contribution in [0, 0.1) is 0 Å². The maximum Gasteiger partial charge on any atom is 0.184 e. The minimum absolute atomic E-state index is 0.308. The van der Waals surface area contributed by atoms with Gasteiger partial charge in [0.05, 0.1) is 0 Å². The zero-order chi connectivity index (χ0) is 29.6. The summed E-state index contributed by atoms with van der Waals surface area (Å²) in [4.78, 5) is 0. The summed E-state index contributed by atoms with van der Waals surface area (Å²) in [7, 11) is 0. The van der Waals surface area contributed by atoms with Gasteiger partial charge in [0, 0.05) is 12.2 Å². The predicted molar refractivity (Wildman–Crippen MR) is 175 cm³/mol. The zero-order valence-electron chi connectivity index (χ0n) is 25.6. The van der Waals surface area contributed by atoms with E-state index >= 15 is 8.78 Å². The molecule has 2 unspecified atom stereocenters. The van der Waals surface area contributed by atoms with Gasteiger partial charge in [-0.25, -0.2) is 8.78 Å². The number of rotatable bonds is 17. The number of allylic oxidation sites excluding steroid dienone is 2. The molecule has 0 aromatic heterocycles. The Hall–Kier alpha value is -3.04. The zero-order valence-corrected chi connectivity index (χ0v) is 25.6. The minimum atomic E-state index is -1.80. The first-order valence-electron chi connectivity index (χ1n) is 16.2. The average molecular weight is 571 g/mol. The van der Waals surface area contributed by atoms with Gasteiger partial charge in [-0.2, -0.15) is 0 Å². The molecule has 2 atom stereocenters. The number of benzene rings is 3. The summed E-state index contributed by atoms with van der Waals surface area (Å²) in [6, 6.07) is 26.4. The molecule has 1 nitrogen and oxygen atoms in total. The quantitative estimate of drug-likeness (QED) is 0.147. The van der Waals surface area contributed by atoms with Gasteiger partial charge in [0.15, 0.2) is 6.17 Å². The van der Waals surface area contributed by atoms with Crippen molar-refractivity contribution in [2.75, 3.05) is 6.61 Å². The maximum absolute atomic E-state index is 15.7. The molecule has 3 aromatic carbocycles. The molecular weight excluding hydrogens is 522 g/mol. The Bertz CT molecular complexity index is 1260. The van der Waals surface area contributed by atoms with Crippen molar-refractivity contribution in [1.82, 2.24) is 0 Å². The molecule has 0 fully saturated rings. The lowest BCUT2D eigenvalue weighted by atomic mass is 9.83. The molecule has 42 heavy (non-hydrogen) atoms. The van der Waals surface area contributed by atoms with Crippen LogP contribution in [0.5, 0.6) is 0 Å². The van der Waals surface area contributed by atoms with Crippen LogP contribution in [-0.2, 0) is 4.74 Å². The van der Waals surface area contributed by atoms with Gasteiger partial charge in [-0.15, -0.1) is 0 Å². The highest BCUT2D eigenvalue weighted by Gasteiger charge is 2.43. The van der Waals surface area contributed by atoms with Crippen molar-refractivity contribution in [1.29, 1.82) is 0 Å². The highest BCUT2D eigenvalue weighted by Crippen LogP contribution is 2.41. The van der Waals surface area contributed by atoms with E-state index in [0.717, 1.165) is 36.0 Å². The van der Waals surface area contributed by atoms with Crippen molar-refractivity contribution in [3.05, 3.63) is 102 Å². The second-order valence-electron chi connectivity index (χ2n) is 11.7. The van der Waals surface area contributed by atoms with E-state index in [9.17, 15) is 0 Å². The van der Waals surface area contributed by atoms with Crippen molar-refractivity contribution in [2.45, 2.75) is 103 Å². The van der Waals surface area contributed by atoms with E-state index in [2.05, 4.69) is 43.3 Å². The van der Waals surface area contributed by atoms with Crippen LogP contribution in [-0.4, -0.2) is 18.4 Å². The van der Waals surface area contributed by atoms with Crippen LogP contribution in [0.3, 0.4) is 0 Å². The molecule has 0 aliphatic heterocycles. The van der Waals surface area contributed by atoms with Gasteiger partial charge in [0.25, 0.3) is 0 Å². The van der Waals surface area contributed by atoms with Crippen LogP contribution in [0.25, 0.3) is 27.8 Å². The summed E-state index contributed by atoms with van der Waals surface area (Å²) < 4.78 is 37.4. The number of alkyl halides is 1. The van der Waals surface area contributed by atoms with Crippen LogP contribution >= 0.6 is 0 Å². The molecule has 1 aliphatic rings. The number of hydrogen-bond acceptors (Lipinski definition) is 1. The third kappa shape index (κ3) is 8.51. The molecule has 1 aliphatic carbocycles. The molecule has 3 aromatic rings. The normalized spacial score (nSPS) is 18.5. The predicted octanol–water partition coefficient (Wildman–Crippen LogP) is 12.1. The molecule has 224 valence electrons. The molecule has 0 amide bonds. The SMILES string of the molecule is CCCCCCCCCCCCOC1(CCC)C=CC(c2ccc(-c3ccc(-c4ccccc4)cc3)cc2)=C(F)C1F. The fourth-order valence-electron chi connectivity index (χ4n) is 5.95. The number of unbranched alkanes of at least 4 members (excludes halogenated alkanes) is 9. The maximum atomic E-state index is 15.7. The lowest BCUT2D eigenvalue weighted by molar-refractivity contribution is -0.0642. The van der Waals surface area contributed by atoms with E-state index in [1.54, 1.807) is 12.2 Å². The molecule has 0 bridgehead atoms. The molecule has 0 saturated carbocycles. The molecule has 4 rings (SSSR count). The number of ether oxygens (including phenoxy) is 1. The summed E-state index contributed by atoms with van der Waals surface area (Å²) in [5.74, 6) is -0.728. The van der Waals surface area contributed by atoms with Crippen molar-refractivity contribution in [3.8, 4) is 22.3 Å². The fourth-order valence-corrected chi connectivity index (χ4v) is 5.95. The monoisotopic (exact) mass is 570 g/mol. The van der Waals surface area contributed by atoms with E-state index in [4.69, 9.17) is 4.74 Å².